The third-order valence-electron chi connectivity index (χ3n) is 3.89. The van der Waals surface area contributed by atoms with Crippen molar-refractivity contribution in [2.24, 2.45) is 5.92 Å². The summed E-state index contributed by atoms with van der Waals surface area (Å²) in [6.07, 6.45) is 1.89. The van der Waals surface area contributed by atoms with Crippen molar-refractivity contribution in [3.63, 3.8) is 0 Å². The Hall–Kier alpha value is -1.27. The minimum atomic E-state index is -3.27. The molecule has 1 aromatic carbocycles. The number of sulfonamides is 1. The maximum atomic E-state index is 12.4. The van der Waals surface area contributed by atoms with Gasteiger partial charge in [-0.25, -0.2) is 8.42 Å². The van der Waals surface area contributed by atoms with Gasteiger partial charge in [0.2, 0.25) is 10.0 Å². The number of benzene rings is 1. The molecule has 1 saturated heterocycles. The molecular weight excluding hydrogens is 288 g/mol. The van der Waals surface area contributed by atoms with Crippen molar-refractivity contribution >= 4 is 15.7 Å². The second kappa shape index (κ2) is 6.66. The molecule has 1 unspecified atom stereocenters. The van der Waals surface area contributed by atoms with Crippen LogP contribution in [0.3, 0.4) is 0 Å². The fraction of sp³-hybridized carbons (Fsp3) is 0.600. The molecule has 1 aliphatic rings. The molecule has 0 saturated carbocycles. The topological polar surface area (TPSA) is 72.6 Å². The van der Waals surface area contributed by atoms with E-state index in [1.165, 1.54) is 0 Å². The van der Waals surface area contributed by atoms with Gasteiger partial charge in [-0.1, -0.05) is 26.0 Å². The van der Waals surface area contributed by atoms with Crippen LogP contribution in [0.5, 0.6) is 5.75 Å². The molecule has 5 nitrogen and oxygen atoms in total. The molecule has 118 valence electrons. The maximum Gasteiger partial charge on any atom is 0.217 e. The van der Waals surface area contributed by atoms with Gasteiger partial charge in [-0.15, -0.1) is 0 Å². The molecule has 1 atom stereocenters. The van der Waals surface area contributed by atoms with Crippen LogP contribution in [0.4, 0.5) is 5.69 Å². The van der Waals surface area contributed by atoms with Crippen LogP contribution in [0.25, 0.3) is 0 Å². The number of hydrogen-bond acceptors (Lipinski definition) is 4. The Morgan fingerprint density at radius 3 is 2.76 bits per heavy atom. The third-order valence-corrected chi connectivity index (χ3v) is 5.74. The number of nitrogens with zero attached hydrogens (tertiary/aromatic N) is 1. The van der Waals surface area contributed by atoms with E-state index in [9.17, 15) is 8.42 Å². The van der Waals surface area contributed by atoms with Crippen LogP contribution in [0.1, 0.15) is 26.7 Å². The van der Waals surface area contributed by atoms with Gasteiger partial charge in [0.15, 0.2) is 0 Å². The SMILES string of the molecule is CC(C)C1CCCN1S(=O)(=O)CCOc1ccccc1N. The van der Waals surface area contributed by atoms with Crippen molar-refractivity contribution in [1.82, 2.24) is 4.31 Å². The lowest BCUT2D eigenvalue weighted by Gasteiger charge is -2.26. The average molecular weight is 312 g/mol. The van der Waals surface area contributed by atoms with Crippen molar-refractivity contribution < 1.29 is 13.2 Å². The normalized spacial score (nSPS) is 20.0. The zero-order chi connectivity index (χ0) is 15.5. The third kappa shape index (κ3) is 3.89. The molecule has 2 N–H and O–H groups in total. The summed E-state index contributed by atoms with van der Waals surface area (Å²) in [7, 11) is -3.27. The number of hydrogen-bond donors (Lipinski definition) is 1. The quantitative estimate of drug-likeness (QED) is 0.816. The summed E-state index contributed by atoms with van der Waals surface area (Å²) in [5.74, 6) is 0.868. The minimum Gasteiger partial charge on any atom is -0.490 e. The first-order valence-corrected chi connectivity index (χ1v) is 8.99. The van der Waals surface area contributed by atoms with Crippen LogP contribution in [0.2, 0.25) is 0 Å². The van der Waals surface area contributed by atoms with Gasteiger partial charge in [0.05, 0.1) is 11.4 Å². The number of para-hydroxylation sites is 2. The predicted octanol–water partition coefficient (Wildman–Crippen LogP) is 2.10. The minimum absolute atomic E-state index is 0.00937. The van der Waals surface area contributed by atoms with Gasteiger partial charge in [0, 0.05) is 12.6 Å². The van der Waals surface area contributed by atoms with Crippen molar-refractivity contribution in [3.8, 4) is 5.75 Å². The van der Waals surface area contributed by atoms with E-state index >= 15 is 0 Å². The zero-order valence-corrected chi connectivity index (χ0v) is 13.5. The van der Waals surface area contributed by atoms with Gasteiger partial charge in [0.1, 0.15) is 12.4 Å². The van der Waals surface area contributed by atoms with Gasteiger partial charge < -0.3 is 10.5 Å². The van der Waals surface area contributed by atoms with E-state index < -0.39 is 10.0 Å². The Labute approximate surface area is 127 Å². The molecule has 1 aliphatic heterocycles. The lowest BCUT2D eigenvalue weighted by Crippen LogP contribution is -2.40. The summed E-state index contributed by atoms with van der Waals surface area (Å²) in [5, 5.41) is 0. The lowest BCUT2D eigenvalue weighted by atomic mass is 10.0. The predicted molar refractivity (Wildman–Crippen MR) is 84.7 cm³/mol. The number of nitrogens with two attached hydrogens (primary N) is 1. The summed E-state index contributed by atoms with van der Waals surface area (Å²) in [5.41, 5.74) is 6.29. The van der Waals surface area contributed by atoms with Crippen LogP contribution < -0.4 is 10.5 Å². The number of anilines is 1. The molecule has 1 heterocycles. The largest absolute Gasteiger partial charge is 0.490 e. The fourth-order valence-electron chi connectivity index (χ4n) is 2.76. The van der Waals surface area contributed by atoms with E-state index in [4.69, 9.17) is 10.5 Å². The molecular formula is C15H24N2O3S. The lowest BCUT2D eigenvalue weighted by molar-refractivity contribution is 0.305. The summed E-state index contributed by atoms with van der Waals surface area (Å²) in [4.78, 5) is 0. The highest BCUT2D eigenvalue weighted by Crippen LogP contribution is 2.27. The molecule has 1 fully saturated rings. The van der Waals surface area contributed by atoms with Crippen LogP contribution in [-0.2, 0) is 10.0 Å². The van der Waals surface area contributed by atoms with Gasteiger partial charge in [0.25, 0.3) is 0 Å². The molecule has 0 aromatic heterocycles. The Balaban J connectivity index is 1.94. The molecule has 0 radical (unpaired) electrons. The molecule has 1 aromatic rings. The van der Waals surface area contributed by atoms with Gasteiger partial charge in [-0.05, 0) is 30.9 Å². The van der Waals surface area contributed by atoms with Crippen LogP contribution >= 0.6 is 0 Å². The van der Waals surface area contributed by atoms with Crippen molar-refractivity contribution in [2.75, 3.05) is 24.6 Å². The van der Waals surface area contributed by atoms with E-state index in [0.717, 1.165) is 12.8 Å². The molecule has 0 aliphatic carbocycles. The smallest absolute Gasteiger partial charge is 0.217 e. The van der Waals surface area contributed by atoms with Crippen molar-refractivity contribution in [1.29, 1.82) is 0 Å². The molecule has 0 bridgehead atoms. The number of ether oxygens (including phenoxy) is 1. The second-order valence-corrected chi connectivity index (χ2v) is 7.81. The Morgan fingerprint density at radius 2 is 2.10 bits per heavy atom. The molecule has 21 heavy (non-hydrogen) atoms. The van der Waals surface area contributed by atoms with Crippen molar-refractivity contribution in [3.05, 3.63) is 24.3 Å². The Bertz CT molecular complexity index is 572. The van der Waals surface area contributed by atoms with Crippen molar-refractivity contribution in [2.45, 2.75) is 32.7 Å². The molecule has 0 spiro atoms. The summed E-state index contributed by atoms with van der Waals surface area (Å²) in [6, 6.07) is 7.23. The highest BCUT2D eigenvalue weighted by atomic mass is 32.2. The molecule has 2 rings (SSSR count). The average Bonchev–Trinajstić information content (AvgIpc) is 2.91. The first-order chi connectivity index (χ1) is 9.92. The van der Waals surface area contributed by atoms with E-state index in [1.807, 2.05) is 12.1 Å². The molecule has 0 amide bonds. The van der Waals surface area contributed by atoms with E-state index in [0.29, 0.717) is 23.9 Å². The first kappa shape index (κ1) is 16.1. The summed E-state index contributed by atoms with van der Waals surface area (Å²) >= 11 is 0. The Morgan fingerprint density at radius 1 is 1.38 bits per heavy atom. The van der Waals surface area contributed by atoms with Crippen LogP contribution in [-0.4, -0.2) is 37.7 Å². The monoisotopic (exact) mass is 312 g/mol. The van der Waals surface area contributed by atoms with Crippen LogP contribution in [0, 0.1) is 5.92 Å². The summed E-state index contributed by atoms with van der Waals surface area (Å²) < 4.78 is 32.0. The standard InChI is InChI=1S/C15H24N2O3S/c1-12(2)14-7-5-9-17(14)21(18,19)11-10-20-15-8-4-3-6-13(15)16/h3-4,6,8,12,14H,5,7,9-11,16H2,1-2H3. The second-order valence-electron chi connectivity index (χ2n) is 5.77. The first-order valence-electron chi connectivity index (χ1n) is 7.38. The highest BCUT2D eigenvalue weighted by molar-refractivity contribution is 7.89. The van der Waals surface area contributed by atoms with Gasteiger partial charge in [-0.3, -0.25) is 0 Å². The zero-order valence-electron chi connectivity index (χ0n) is 12.7. The van der Waals surface area contributed by atoms with E-state index in [-0.39, 0.29) is 18.4 Å². The van der Waals surface area contributed by atoms with E-state index in [2.05, 4.69) is 13.8 Å². The fourth-order valence-corrected chi connectivity index (χ4v) is 4.46. The highest BCUT2D eigenvalue weighted by Gasteiger charge is 2.35. The molecule has 6 heteroatoms. The maximum absolute atomic E-state index is 12.4. The Kier molecular flexibility index (Phi) is 5.11. The van der Waals surface area contributed by atoms with Crippen LogP contribution in [0.15, 0.2) is 24.3 Å². The van der Waals surface area contributed by atoms with Gasteiger partial charge in [-0.2, -0.15) is 4.31 Å². The number of rotatable bonds is 6. The van der Waals surface area contributed by atoms with E-state index in [1.54, 1.807) is 16.4 Å². The van der Waals surface area contributed by atoms with Gasteiger partial charge >= 0.3 is 0 Å². The summed E-state index contributed by atoms with van der Waals surface area (Å²) in [6.45, 7) is 4.88. The number of nitrogen functional groups attached to an aromatic ring is 1.